The SMILES string of the molecule is O=C(O)[C@@H]1c2nc[nH]c2CCN1C(=O)C1(c2ccc(Cl)cc2)CC1. The summed E-state index contributed by atoms with van der Waals surface area (Å²) in [5.41, 5.74) is 1.51. The van der Waals surface area contributed by atoms with Gasteiger partial charge in [0, 0.05) is 23.7 Å². The molecule has 1 saturated carbocycles. The van der Waals surface area contributed by atoms with Crippen LogP contribution in [0.25, 0.3) is 0 Å². The molecule has 1 fully saturated rings. The summed E-state index contributed by atoms with van der Waals surface area (Å²) in [4.78, 5) is 33.6. The summed E-state index contributed by atoms with van der Waals surface area (Å²) in [6, 6.07) is 6.21. The molecule has 1 aromatic carbocycles. The molecule has 124 valence electrons. The van der Waals surface area contributed by atoms with Crippen LogP contribution in [0, 0.1) is 0 Å². The molecule has 2 aliphatic rings. The lowest BCUT2D eigenvalue weighted by molar-refractivity contribution is -0.152. The van der Waals surface area contributed by atoms with Gasteiger partial charge in [-0.25, -0.2) is 9.78 Å². The molecule has 2 N–H and O–H groups in total. The lowest BCUT2D eigenvalue weighted by Crippen LogP contribution is -2.48. The van der Waals surface area contributed by atoms with Crippen LogP contribution >= 0.6 is 11.6 Å². The number of imidazole rings is 1. The minimum absolute atomic E-state index is 0.133. The van der Waals surface area contributed by atoms with Gasteiger partial charge in [0.15, 0.2) is 6.04 Å². The average Bonchev–Trinajstić information content (AvgIpc) is 3.24. The Balaban J connectivity index is 1.69. The number of nitrogens with one attached hydrogen (secondary N) is 1. The molecule has 7 heteroatoms. The topological polar surface area (TPSA) is 86.3 Å². The highest BCUT2D eigenvalue weighted by atomic mass is 35.5. The maximum Gasteiger partial charge on any atom is 0.332 e. The second-order valence-electron chi connectivity index (χ2n) is 6.34. The fourth-order valence-electron chi connectivity index (χ4n) is 3.54. The van der Waals surface area contributed by atoms with Crippen LogP contribution in [-0.4, -0.2) is 38.4 Å². The second kappa shape index (κ2) is 5.34. The van der Waals surface area contributed by atoms with Crippen LogP contribution in [-0.2, 0) is 21.4 Å². The van der Waals surface area contributed by atoms with Crippen LogP contribution in [0.2, 0.25) is 5.02 Å². The van der Waals surface area contributed by atoms with Crippen molar-refractivity contribution in [1.82, 2.24) is 14.9 Å². The molecule has 2 aromatic rings. The van der Waals surface area contributed by atoms with E-state index in [9.17, 15) is 14.7 Å². The van der Waals surface area contributed by atoms with Crippen LogP contribution in [0.15, 0.2) is 30.6 Å². The third-order valence-electron chi connectivity index (χ3n) is 4.98. The number of aliphatic carboxylic acids is 1. The summed E-state index contributed by atoms with van der Waals surface area (Å²) < 4.78 is 0. The van der Waals surface area contributed by atoms with E-state index in [4.69, 9.17) is 11.6 Å². The van der Waals surface area contributed by atoms with Gasteiger partial charge in [-0.1, -0.05) is 23.7 Å². The molecule has 1 atom stereocenters. The first-order valence-corrected chi connectivity index (χ1v) is 8.23. The fourth-order valence-corrected chi connectivity index (χ4v) is 3.67. The molecule has 0 saturated heterocycles. The molecule has 2 heterocycles. The number of amides is 1. The lowest BCUT2D eigenvalue weighted by Gasteiger charge is -2.35. The van der Waals surface area contributed by atoms with Crippen molar-refractivity contribution >= 4 is 23.5 Å². The second-order valence-corrected chi connectivity index (χ2v) is 6.78. The predicted octanol–water partition coefficient (Wildman–Crippen LogP) is 2.31. The van der Waals surface area contributed by atoms with Crippen molar-refractivity contribution in [2.75, 3.05) is 6.54 Å². The number of carbonyl (C=O) groups is 2. The van der Waals surface area contributed by atoms with E-state index in [1.165, 1.54) is 11.2 Å². The van der Waals surface area contributed by atoms with Gasteiger partial charge < -0.3 is 15.0 Å². The van der Waals surface area contributed by atoms with E-state index < -0.39 is 17.4 Å². The van der Waals surface area contributed by atoms with Crippen molar-refractivity contribution in [1.29, 1.82) is 0 Å². The number of benzene rings is 1. The van der Waals surface area contributed by atoms with E-state index in [2.05, 4.69) is 9.97 Å². The van der Waals surface area contributed by atoms with Crippen LogP contribution in [0.1, 0.15) is 35.8 Å². The third kappa shape index (κ3) is 2.21. The molecule has 6 nitrogen and oxygen atoms in total. The first-order chi connectivity index (χ1) is 11.5. The highest BCUT2D eigenvalue weighted by Gasteiger charge is 2.55. The maximum absolute atomic E-state index is 13.2. The number of hydrogen-bond donors (Lipinski definition) is 2. The Kier molecular flexibility index (Phi) is 3.38. The molecular formula is C17H16ClN3O3. The van der Waals surface area contributed by atoms with Gasteiger partial charge in [-0.2, -0.15) is 0 Å². The summed E-state index contributed by atoms with van der Waals surface area (Å²) >= 11 is 5.93. The van der Waals surface area contributed by atoms with Gasteiger partial charge in [-0.3, -0.25) is 4.79 Å². The van der Waals surface area contributed by atoms with Crippen molar-refractivity contribution < 1.29 is 14.7 Å². The summed E-state index contributed by atoms with van der Waals surface area (Å²) in [5.74, 6) is -1.19. The van der Waals surface area contributed by atoms with E-state index in [0.29, 0.717) is 23.7 Å². The quantitative estimate of drug-likeness (QED) is 0.893. The maximum atomic E-state index is 13.2. The molecule has 0 bridgehead atoms. The Morgan fingerprint density at radius 1 is 1.29 bits per heavy atom. The molecule has 1 aliphatic heterocycles. The number of carbonyl (C=O) groups excluding carboxylic acids is 1. The number of H-pyrrole nitrogens is 1. The van der Waals surface area contributed by atoms with E-state index in [1.807, 2.05) is 12.1 Å². The summed E-state index contributed by atoms with van der Waals surface area (Å²) in [5, 5.41) is 10.3. The summed E-state index contributed by atoms with van der Waals surface area (Å²) in [6.45, 7) is 0.375. The van der Waals surface area contributed by atoms with Crippen molar-refractivity contribution in [2.24, 2.45) is 0 Å². The standard InChI is InChI=1S/C17H16ClN3O3/c18-11-3-1-10(2-4-11)17(6-7-17)16(24)21-8-5-12-13(20-9-19-12)14(21)15(22)23/h1-4,9,14H,5-8H2,(H,19,20)(H,22,23)/t14-/m0/s1. The predicted molar refractivity (Wildman–Crippen MR) is 86.7 cm³/mol. The van der Waals surface area contributed by atoms with Crippen LogP contribution in [0.3, 0.4) is 0 Å². The summed E-state index contributed by atoms with van der Waals surface area (Å²) in [6.07, 6.45) is 3.52. The zero-order chi connectivity index (χ0) is 16.9. The van der Waals surface area contributed by atoms with E-state index in [1.54, 1.807) is 12.1 Å². The molecule has 0 radical (unpaired) electrons. The molecule has 0 spiro atoms. The highest BCUT2D eigenvalue weighted by molar-refractivity contribution is 6.30. The van der Waals surface area contributed by atoms with Crippen LogP contribution in [0.5, 0.6) is 0 Å². The highest BCUT2D eigenvalue weighted by Crippen LogP contribution is 2.51. The molecule has 1 amide bonds. The monoisotopic (exact) mass is 345 g/mol. The number of aromatic nitrogens is 2. The molecule has 1 aromatic heterocycles. The number of aromatic amines is 1. The summed E-state index contributed by atoms with van der Waals surface area (Å²) in [7, 11) is 0. The number of halogens is 1. The average molecular weight is 346 g/mol. The van der Waals surface area contributed by atoms with Crippen LogP contribution in [0.4, 0.5) is 0 Å². The Morgan fingerprint density at radius 2 is 2.00 bits per heavy atom. The number of carboxylic acid groups (broad SMARTS) is 1. The smallest absolute Gasteiger partial charge is 0.332 e. The number of nitrogens with zero attached hydrogens (tertiary/aromatic N) is 2. The van der Waals surface area contributed by atoms with Gasteiger partial charge in [0.1, 0.15) is 0 Å². The largest absolute Gasteiger partial charge is 0.479 e. The van der Waals surface area contributed by atoms with Gasteiger partial charge in [-0.15, -0.1) is 0 Å². The van der Waals surface area contributed by atoms with Crippen molar-refractivity contribution in [3.8, 4) is 0 Å². The molecule has 4 rings (SSSR count). The Hall–Kier alpha value is -2.34. The van der Waals surface area contributed by atoms with Crippen molar-refractivity contribution in [3.63, 3.8) is 0 Å². The zero-order valence-corrected chi connectivity index (χ0v) is 13.6. The zero-order valence-electron chi connectivity index (χ0n) is 12.8. The Bertz CT molecular complexity index is 811. The van der Waals surface area contributed by atoms with Crippen molar-refractivity contribution in [2.45, 2.75) is 30.7 Å². The van der Waals surface area contributed by atoms with Crippen molar-refractivity contribution in [3.05, 3.63) is 52.6 Å². The first-order valence-electron chi connectivity index (χ1n) is 7.85. The number of fused-ring (bicyclic) bond motifs is 1. The lowest BCUT2D eigenvalue weighted by atomic mass is 9.92. The number of rotatable bonds is 3. The molecule has 0 unspecified atom stereocenters. The molecule has 1 aliphatic carbocycles. The van der Waals surface area contributed by atoms with Gasteiger partial charge in [0.2, 0.25) is 5.91 Å². The Morgan fingerprint density at radius 3 is 2.62 bits per heavy atom. The van der Waals surface area contributed by atoms with Crippen LogP contribution < -0.4 is 0 Å². The first kappa shape index (κ1) is 15.2. The molecule has 24 heavy (non-hydrogen) atoms. The van der Waals surface area contributed by atoms with Gasteiger partial charge in [-0.05, 0) is 30.5 Å². The number of hydrogen-bond acceptors (Lipinski definition) is 3. The molecular weight excluding hydrogens is 330 g/mol. The minimum Gasteiger partial charge on any atom is -0.479 e. The normalized spacial score (nSPS) is 21.2. The van der Waals surface area contributed by atoms with E-state index in [-0.39, 0.29) is 5.91 Å². The fraction of sp³-hybridized carbons (Fsp3) is 0.353. The Labute approximate surface area is 143 Å². The third-order valence-corrected chi connectivity index (χ3v) is 5.23. The minimum atomic E-state index is -1.05. The van der Waals surface area contributed by atoms with E-state index >= 15 is 0 Å². The van der Waals surface area contributed by atoms with Gasteiger partial charge >= 0.3 is 5.97 Å². The van der Waals surface area contributed by atoms with Gasteiger partial charge in [0.05, 0.1) is 17.4 Å². The van der Waals surface area contributed by atoms with E-state index in [0.717, 1.165) is 24.1 Å². The van der Waals surface area contributed by atoms with Gasteiger partial charge in [0.25, 0.3) is 0 Å². The number of carboxylic acids is 1.